The van der Waals surface area contributed by atoms with E-state index < -0.39 is 0 Å². The standard InChI is InChI=1S/C20H26ClNO2/c1-4-23-18-7-5-6-16(12-18)17(13-22)10-15-8-9-20(19(21)11-15)24-14(2)3/h5-9,11-12,14,17H,4,10,13,22H2,1-3H3. The van der Waals surface area contributed by atoms with Gasteiger partial charge in [-0.1, -0.05) is 29.8 Å². The van der Waals surface area contributed by atoms with Crippen molar-refractivity contribution in [1.29, 1.82) is 0 Å². The number of halogens is 1. The van der Waals surface area contributed by atoms with Crippen LogP contribution in [0.2, 0.25) is 5.02 Å². The second-order valence-corrected chi connectivity index (χ2v) is 6.48. The third-order valence-electron chi connectivity index (χ3n) is 3.77. The molecule has 1 unspecified atom stereocenters. The van der Waals surface area contributed by atoms with Crippen molar-refractivity contribution in [3.63, 3.8) is 0 Å². The molecule has 130 valence electrons. The summed E-state index contributed by atoms with van der Waals surface area (Å²) in [6.07, 6.45) is 0.930. The molecule has 0 radical (unpaired) electrons. The van der Waals surface area contributed by atoms with E-state index in [0.29, 0.717) is 18.2 Å². The van der Waals surface area contributed by atoms with E-state index in [1.807, 2.05) is 45.0 Å². The summed E-state index contributed by atoms with van der Waals surface area (Å²) in [6, 6.07) is 14.1. The van der Waals surface area contributed by atoms with Crippen molar-refractivity contribution < 1.29 is 9.47 Å². The topological polar surface area (TPSA) is 44.5 Å². The van der Waals surface area contributed by atoms with E-state index in [9.17, 15) is 0 Å². The van der Waals surface area contributed by atoms with E-state index in [-0.39, 0.29) is 12.0 Å². The first-order valence-electron chi connectivity index (χ1n) is 8.41. The van der Waals surface area contributed by atoms with Crippen LogP contribution in [0.15, 0.2) is 42.5 Å². The second kappa shape index (κ2) is 8.95. The minimum Gasteiger partial charge on any atom is -0.494 e. The average Bonchev–Trinajstić information content (AvgIpc) is 2.55. The fourth-order valence-corrected chi connectivity index (χ4v) is 2.92. The zero-order valence-corrected chi connectivity index (χ0v) is 15.3. The van der Waals surface area contributed by atoms with Crippen LogP contribution in [0.25, 0.3) is 0 Å². The van der Waals surface area contributed by atoms with Gasteiger partial charge < -0.3 is 15.2 Å². The van der Waals surface area contributed by atoms with Crippen molar-refractivity contribution >= 4 is 11.6 Å². The van der Waals surface area contributed by atoms with Gasteiger partial charge in [-0.05, 0) is 69.1 Å². The monoisotopic (exact) mass is 347 g/mol. The van der Waals surface area contributed by atoms with Crippen molar-refractivity contribution in [2.75, 3.05) is 13.2 Å². The molecule has 0 aromatic heterocycles. The van der Waals surface area contributed by atoms with Gasteiger partial charge >= 0.3 is 0 Å². The number of hydrogen-bond donors (Lipinski definition) is 1. The third-order valence-corrected chi connectivity index (χ3v) is 4.06. The normalized spacial score (nSPS) is 12.2. The van der Waals surface area contributed by atoms with Crippen molar-refractivity contribution in [1.82, 2.24) is 0 Å². The molecule has 3 nitrogen and oxygen atoms in total. The minimum absolute atomic E-state index is 0.103. The molecule has 0 aliphatic heterocycles. The van der Waals surface area contributed by atoms with E-state index in [4.69, 9.17) is 26.8 Å². The molecule has 0 fully saturated rings. The highest BCUT2D eigenvalue weighted by Crippen LogP contribution is 2.29. The number of rotatable bonds is 8. The van der Waals surface area contributed by atoms with Crippen molar-refractivity contribution in [3.8, 4) is 11.5 Å². The van der Waals surface area contributed by atoms with Crippen LogP contribution in [0.1, 0.15) is 37.8 Å². The minimum atomic E-state index is 0.103. The fraction of sp³-hybridized carbons (Fsp3) is 0.400. The first kappa shape index (κ1) is 18.6. The lowest BCUT2D eigenvalue weighted by Gasteiger charge is -2.18. The van der Waals surface area contributed by atoms with Gasteiger partial charge in [-0.2, -0.15) is 0 Å². The zero-order valence-electron chi connectivity index (χ0n) is 14.6. The maximum Gasteiger partial charge on any atom is 0.138 e. The maximum absolute atomic E-state index is 6.34. The second-order valence-electron chi connectivity index (χ2n) is 6.07. The summed E-state index contributed by atoms with van der Waals surface area (Å²) in [5.74, 6) is 1.82. The first-order valence-corrected chi connectivity index (χ1v) is 8.79. The molecule has 24 heavy (non-hydrogen) atoms. The summed E-state index contributed by atoms with van der Waals surface area (Å²) in [4.78, 5) is 0. The third kappa shape index (κ3) is 5.15. The zero-order chi connectivity index (χ0) is 17.5. The van der Waals surface area contributed by atoms with E-state index in [1.54, 1.807) is 0 Å². The quantitative estimate of drug-likeness (QED) is 0.745. The van der Waals surface area contributed by atoms with Crippen LogP contribution in [0.4, 0.5) is 0 Å². The summed E-state index contributed by atoms with van der Waals surface area (Å²) in [6.45, 7) is 7.18. The van der Waals surface area contributed by atoms with Gasteiger partial charge in [0.1, 0.15) is 11.5 Å². The van der Waals surface area contributed by atoms with Crippen LogP contribution in [0.5, 0.6) is 11.5 Å². The molecule has 0 heterocycles. The van der Waals surface area contributed by atoms with Gasteiger partial charge in [-0.3, -0.25) is 0 Å². The molecule has 0 aliphatic carbocycles. The molecule has 0 saturated heterocycles. The van der Waals surface area contributed by atoms with E-state index in [0.717, 1.165) is 23.5 Å². The molecule has 0 saturated carbocycles. The molecular weight excluding hydrogens is 322 g/mol. The van der Waals surface area contributed by atoms with Gasteiger partial charge in [0.2, 0.25) is 0 Å². The lowest BCUT2D eigenvalue weighted by Crippen LogP contribution is -2.15. The molecule has 0 bridgehead atoms. The molecule has 2 aromatic carbocycles. The summed E-state index contributed by atoms with van der Waals surface area (Å²) >= 11 is 6.34. The van der Waals surface area contributed by atoms with Crippen LogP contribution in [0.3, 0.4) is 0 Å². The largest absolute Gasteiger partial charge is 0.494 e. The van der Waals surface area contributed by atoms with E-state index >= 15 is 0 Å². The highest BCUT2D eigenvalue weighted by molar-refractivity contribution is 6.32. The van der Waals surface area contributed by atoms with Crippen LogP contribution < -0.4 is 15.2 Å². The van der Waals surface area contributed by atoms with Crippen LogP contribution in [0, 0.1) is 0 Å². The molecule has 2 N–H and O–H groups in total. The van der Waals surface area contributed by atoms with Crippen LogP contribution in [-0.4, -0.2) is 19.3 Å². The fourth-order valence-electron chi connectivity index (χ4n) is 2.67. The Bertz CT molecular complexity index is 658. The molecule has 0 aliphatic rings. The Kier molecular flexibility index (Phi) is 6.95. The molecule has 2 aromatic rings. The molecular formula is C20H26ClNO2. The predicted molar refractivity (Wildman–Crippen MR) is 100 cm³/mol. The van der Waals surface area contributed by atoms with Crippen LogP contribution in [-0.2, 0) is 6.42 Å². The molecule has 4 heteroatoms. The number of ether oxygens (including phenoxy) is 2. The van der Waals surface area contributed by atoms with Crippen molar-refractivity contribution in [2.24, 2.45) is 5.73 Å². The van der Waals surface area contributed by atoms with Crippen molar-refractivity contribution in [2.45, 2.75) is 39.2 Å². The van der Waals surface area contributed by atoms with Gasteiger partial charge in [0.05, 0.1) is 17.7 Å². The average molecular weight is 348 g/mol. The summed E-state index contributed by atoms with van der Waals surface area (Å²) in [5, 5.41) is 0.639. The van der Waals surface area contributed by atoms with Gasteiger partial charge in [0, 0.05) is 5.92 Å². The van der Waals surface area contributed by atoms with Crippen molar-refractivity contribution in [3.05, 3.63) is 58.6 Å². The number of hydrogen-bond acceptors (Lipinski definition) is 3. The van der Waals surface area contributed by atoms with Gasteiger partial charge in [-0.25, -0.2) is 0 Å². The first-order chi connectivity index (χ1) is 11.5. The van der Waals surface area contributed by atoms with E-state index in [2.05, 4.69) is 18.2 Å². The maximum atomic E-state index is 6.34. The number of nitrogens with two attached hydrogens (primary N) is 1. The Morgan fingerprint density at radius 2 is 1.92 bits per heavy atom. The Morgan fingerprint density at radius 1 is 1.12 bits per heavy atom. The van der Waals surface area contributed by atoms with E-state index in [1.165, 1.54) is 5.56 Å². The van der Waals surface area contributed by atoms with Crippen LogP contribution >= 0.6 is 11.6 Å². The summed E-state index contributed by atoms with van der Waals surface area (Å²) in [5.41, 5.74) is 8.34. The Hall–Kier alpha value is -1.71. The Balaban J connectivity index is 2.15. The molecule has 1 atom stereocenters. The highest BCUT2D eigenvalue weighted by Gasteiger charge is 2.13. The lowest BCUT2D eigenvalue weighted by molar-refractivity contribution is 0.242. The lowest BCUT2D eigenvalue weighted by atomic mass is 9.92. The summed E-state index contributed by atoms with van der Waals surface area (Å²) in [7, 11) is 0. The SMILES string of the molecule is CCOc1cccc(C(CN)Cc2ccc(OC(C)C)c(Cl)c2)c1. The predicted octanol–water partition coefficient (Wildman–Crippen LogP) is 4.81. The Morgan fingerprint density at radius 3 is 2.54 bits per heavy atom. The molecule has 0 amide bonds. The van der Waals surface area contributed by atoms with Gasteiger partial charge in [-0.15, -0.1) is 0 Å². The Labute approximate surface area is 149 Å². The van der Waals surface area contributed by atoms with Gasteiger partial charge in [0.25, 0.3) is 0 Å². The molecule has 2 rings (SSSR count). The van der Waals surface area contributed by atoms with Gasteiger partial charge in [0.15, 0.2) is 0 Å². The smallest absolute Gasteiger partial charge is 0.138 e. The number of benzene rings is 2. The molecule has 0 spiro atoms. The summed E-state index contributed by atoms with van der Waals surface area (Å²) < 4.78 is 11.3. The highest BCUT2D eigenvalue weighted by atomic mass is 35.5.